The lowest BCUT2D eigenvalue weighted by molar-refractivity contribution is -0.130. The van der Waals surface area contributed by atoms with E-state index in [1.54, 1.807) is 0 Å². The van der Waals surface area contributed by atoms with Gasteiger partial charge in [0.05, 0.1) is 6.54 Å². The van der Waals surface area contributed by atoms with Gasteiger partial charge in [-0.2, -0.15) is 0 Å². The molecule has 0 bridgehead atoms. The van der Waals surface area contributed by atoms with E-state index in [1.807, 2.05) is 18.7 Å². The summed E-state index contributed by atoms with van der Waals surface area (Å²) >= 11 is 0. The van der Waals surface area contributed by atoms with E-state index >= 15 is 0 Å². The summed E-state index contributed by atoms with van der Waals surface area (Å²) in [5.74, 6) is 1.02. The highest BCUT2D eigenvalue weighted by Crippen LogP contribution is 2.08. The molecule has 0 saturated carbocycles. The molecule has 1 aliphatic heterocycles. The van der Waals surface area contributed by atoms with Crippen molar-refractivity contribution in [3.8, 4) is 0 Å². The molecule has 0 aliphatic carbocycles. The van der Waals surface area contributed by atoms with Crippen molar-refractivity contribution < 1.29 is 4.79 Å². The first kappa shape index (κ1) is 20.7. The highest BCUT2D eigenvalue weighted by molar-refractivity contribution is 5.81. The number of hydrogen-bond donors (Lipinski definition) is 2. The molecule has 1 saturated heterocycles. The van der Waals surface area contributed by atoms with Crippen LogP contribution in [-0.4, -0.2) is 74.0 Å². The lowest BCUT2D eigenvalue weighted by Crippen LogP contribution is -2.40. The van der Waals surface area contributed by atoms with E-state index in [4.69, 9.17) is 0 Å². The van der Waals surface area contributed by atoms with E-state index < -0.39 is 0 Å². The summed E-state index contributed by atoms with van der Waals surface area (Å²) in [4.78, 5) is 21.0. The smallest absolute Gasteiger partial charge is 0.224 e. The first-order valence-corrected chi connectivity index (χ1v) is 9.73. The predicted octanol–water partition coefficient (Wildman–Crippen LogP) is 1.68. The number of nitrogens with zero attached hydrogens (tertiary/aromatic N) is 3. The van der Waals surface area contributed by atoms with E-state index in [0.29, 0.717) is 13.0 Å². The third kappa shape index (κ3) is 8.52. The summed E-state index contributed by atoms with van der Waals surface area (Å²) in [6, 6.07) is 0. The van der Waals surface area contributed by atoms with Crippen LogP contribution in [0.25, 0.3) is 0 Å². The van der Waals surface area contributed by atoms with Crippen molar-refractivity contribution in [2.75, 3.05) is 52.4 Å². The maximum absolute atomic E-state index is 12.0. The minimum atomic E-state index is 0.202. The van der Waals surface area contributed by atoms with Crippen molar-refractivity contribution in [2.45, 2.75) is 52.9 Å². The van der Waals surface area contributed by atoms with Gasteiger partial charge in [-0.05, 0) is 46.7 Å². The van der Waals surface area contributed by atoms with Gasteiger partial charge in [0.2, 0.25) is 5.91 Å². The van der Waals surface area contributed by atoms with Gasteiger partial charge in [0.15, 0.2) is 5.96 Å². The zero-order valence-corrected chi connectivity index (χ0v) is 15.9. The maximum atomic E-state index is 12.0. The van der Waals surface area contributed by atoms with Gasteiger partial charge in [-0.1, -0.05) is 12.8 Å². The Morgan fingerprint density at radius 3 is 2.29 bits per heavy atom. The van der Waals surface area contributed by atoms with E-state index in [0.717, 1.165) is 38.7 Å². The number of amides is 1. The fraction of sp³-hybridized carbons (Fsp3) is 0.889. The van der Waals surface area contributed by atoms with Crippen molar-refractivity contribution in [1.82, 2.24) is 20.4 Å². The van der Waals surface area contributed by atoms with Crippen molar-refractivity contribution in [1.29, 1.82) is 0 Å². The van der Waals surface area contributed by atoms with Gasteiger partial charge in [0.1, 0.15) is 0 Å². The maximum Gasteiger partial charge on any atom is 0.224 e. The second kappa shape index (κ2) is 13.0. The van der Waals surface area contributed by atoms with Gasteiger partial charge >= 0.3 is 0 Å². The van der Waals surface area contributed by atoms with Crippen LogP contribution in [-0.2, 0) is 4.79 Å². The molecule has 1 aliphatic rings. The van der Waals surface area contributed by atoms with Gasteiger partial charge < -0.3 is 20.4 Å². The zero-order chi connectivity index (χ0) is 17.6. The van der Waals surface area contributed by atoms with Crippen LogP contribution in [0.2, 0.25) is 0 Å². The minimum Gasteiger partial charge on any atom is -0.357 e. The van der Waals surface area contributed by atoms with Crippen LogP contribution in [0.3, 0.4) is 0 Å². The number of rotatable bonds is 9. The topological polar surface area (TPSA) is 60.0 Å². The SMILES string of the molecule is CCNC(=NCCN1CCCCCC1)NCCC(=O)N(CC)CC. The molecule has 0 aromatic carbocycles. The van der Waals surface area contributed by atoms with Crippen LogP contribution in [0, 0.1) is 0 Å². The van der Waals surface area contributed by atoms with Gasteiger partial charge in [-0.3, -0.25) is 9.79 Å². The molecule has 0 aromatic rings. The van der Waals surface area contributed by atoms with Crippen molar-refractivity contribution in [3.63, 3.8) is 0 Å². The van der Waals surface area contributed by atoms with Crippen LogP contribution in [0.5, 0.6) is 0 Å². The van der Waals surface area contributed by atoms with Crippen molar-refractivity contribution in [3.05, 3.63) is 0 Å². The van der Waals surface area contributed by atoms with E-state index in [-0.39, 0.29) is 5.91 Å². The molecule has 1 rings (SSSR count). The van der Waals surface area contributed by atoms with Crippen LogP contribution >= 0.6 is 0 Å². The Morgan fingerprint density at radius 2 is 1.71 bits per heavy atom. The number of carbonyl (C=O) groups is 1. The predicted molar refractivity (Wildman–Crippen MR) is 101 cm³/mol. The first-order valence-electron chi connectivity index (χ1n) is 9.73. The molecule has 0 unspecified atom stereocenters. The normalized spacial score (nSPS) is 16.5. The van der Waals surface area contributed by atoms with Gasteiger partial charge in [-0.25, -0.2) is 0 Å². The minimum absolute atomic E-state index is 0.202. The Kier molecular flexibility index (Phi) is 11.3. The highest BCUT2D eigenvalue weighted by Gasteiger charge is 2.10. The first-order chi connectivity index (χ1) is 11.7. The molecule has 2 N–H and O–H groups in total. The van der Waals surface area contributed by atoms with Gasteiger partial charge in [0.25, 0.3) is 0 Å². The third-order valence-corrected chi connectivity index (χ3v) is 4.48. The summed E-state index contributed by atoms with van der Waals surface area (Å²) in [5.41, 5.74) is 0. The van der Waals surface area contributed by atoms with E-state index in [9.17, 15) is 4.79 Å². The Balaban J connectivity index is 2.32. The molecule has 0 atom stereocenters. The van der Waals surface area contributed by atoms with Gasteiger partial charge in [-0.15, -0.1) is 0 Å². The van der Waals surface area contributed by atoms with Crippen molar-refractivity contribution in [2.24, 2.45) is 4.99 Å². The summed E-state index contributed by atoms with van der Waals surface area (Å²) in [6.07, 6.45) is 5.87. The van der Waals surface area contributed by atoms with E-state index in [2.05, 4.69) is 27.4 Å². The zero-order valence-electron chi connectivity index (χ0n) is 15.9. The molecule has 1 fully saturated rings. The van der Waals surface area contributed by atoms with Gasteiger partial charge in [0, 0.05) is 39.1 Å². The lowest BCUT2D eigenvalue weighted by Gasteiger charge is -2.20. The van der Waals surface area contributed by atoms with Crippen LogP contribution in [0.1, 0.15) is 52.9 Å². The fourth-order valence-corrected chi connectivity index (χ4v) is 3.03. The number of guanidine groups is 1. The second-order valence-electron chi connectivity index (χ2n) is 6.26. The Morgan fingerprint density at radius 1 is 1.04 bits per heavy atom. The Hall–Kier alpha value is -1.30. The Bertz CT molecular complexity index is 360. The average molecular weight is 340 g/mol. The molecule has 6 heteroatoms. The Labute approximate surface area is 148 Å². The summed E-state index contributed by atoms with van der Waals surface area (Å²) in [6.45, 7) is 13.4. The van der Waals surface area contributed by atoms with E-state index in [1.165, 1.54) is 38.8 Å². The number of nitrogens with one attached hydrogen (secondary N) is 2. The van der Waals surface area contributed by atoms with Crippen LogP contribution < -0.4 is 10.6 Å². The standard InChI is InChI=1S/C18H37N5O/c1-4-19-18(20-12-11-17(24)23(5-2)6-3)21-13-16-22-14-9-7-8-10-15-22/h4-16H2,1-3H3,(H2,19,20,21). The molecule has 1 amide bonds. The number of hydrogen-bond acceptors (Lipinski definition) is 3. The lowest BCUT2D eigenvalue weighted by atomic mass is 10.2. The number of aliphatic imine (C=N–C) groups is 1. The molecule has 6 nitrogen and oxygen atoms in total. The summed E-state index contributed by atoms with van der Waals surface area (Å²) < 4.78 is 0. The number of likely N-dealkylation sites (tertiary alicyclic amines) is 1. The van der Waals surface area contributed by atoms with Crippen LogP contribution in [0.4, 0.5) is 0 Å². The monoisotopic (exact) mass is 339 g/mol. The molecule has 0 radical (unpaired) electrons. The van der Waals surface area contributed by atoms with Crippen LogP contribution in [0.15, 0.2) is 4.99 Å². The number of carbonyl (C=O) groups excluding carboxylic acids is 1. The largest absolute Gasteiger partial charge is 0.357 e. The molecular formula is C18H37N5O. The molecule has 1 heterocycles. The molecule has 0 spiro atoms. The highest BCUT2D eigenvalue weighted by atomic mass is 16.2. The average Bonchev–Trinajstić information content (AvgIpc) is 2.85. The molecule has 0 aromatic heterocycles. The quantitative estimate of drug-likeness (QED) is 0.496. The summed E-state index contributed by atoms with van der Waals surface area (Å²) in [5, 5.41) is 6.54. The summed E-state index contributed by atoms with van der Waals surface area (Å²) in [7, 11) is 0. The molecule has 24 heavy (non-hydrogen) atoms. The second-order valence-corrected chi connectivity index (χ2v) is 6.26. The fourth-order valence-electron chi connectivity index (χ4n) is 3.03. The van der Waals surface area contributed by atoms with Crippen molar-refractivity contribution >= 4 is 11.9 Å². The molecule has 140 valence electrons. The molecular weight excluding hydrogens is 302 g/mol. The third-order valence-electron chi connectivity index (χ3n) is 4.48.